The quantitative estimate of drug-likeness (QED) is 0.466. The number of aliphatic hydroxyl groups is 4. The van der Waals surface area contributed by atoms with E-state index in [-0.39, 0.29) is 19.3 Å². The summed E-state index contributed by atoms with van der Waals surface area (Å²) in [4.78, 5) is 0. The van der Waals surface area contributed by atoms with Crippen LogP contribution in [-0.2, 0) is 0 Å². The van der Waals surface area contributed by atoms with Crippen LogP contribution in [0.3, 0.4) is 0 Å². The molecule has 0 aromatic heterocycles. The molecule has 20 heavy (non-hydrogen) atoms. The molecule has 4 heteroatoms. The Hall–Kier alpha value is -0.160. The maximum absolute atomic E-state index is 9.25. The number of hydrogen-bond donors (Lipinski definition) is 4. The van der Waals surface area contributed by atoms with E-state index in [0.717, 1.165) is 44.9 Å². The molecule has 4 N–H and O–H groups in total. The molecule has 0 aliphatic rings. The molecule has 0 rings (SSSR count). The first-order valence-electron chi connectivity index (χ1n) is 7.85. The summed E-state index contributed by atoms with van der Waals surface area (Å²) >= 11 is 0. The Morgan fingerprint density at radius 3 is 1.90 bits per heavy atom. The zero-order chi connectivity index (χ0) is 16.0. The average Bonchev–Trinajstić information content (AvgIpc) is 2.33. The SMILES string of the molecule is CC(C)(O)CCCCCO.CC(O)CCCC(C)CO. The molecule has 2 atom stereocenters. The van der Waals surface area contributed by atoms with Crippen LogP contribution in [-0.4, -0.2) is 45.3 Å². The zero-order valence-corrected chi connectivity index (χ0v) is 13.8. The van der Waals surface area contributed by atoms with Gasteiger partial charge in [0.1, 0.15) is 0 Å². The Kier molecular flexibility index (Phi) is 15.3. The second-order valence-corrected chi connectivity index (χ2v) is 6.41. The summed E-state index contributed by atoms with van der Waals surface area (Å²) in [6.45, 7) is 7.97. The molecule has 0 spiro atoms. The molecule has 0 fully saturated rings. The third-order valence-corrected chi connectivity index (χ3v) is 3.08. The van der Waals surface area contributed by atoms with Gasteiger partial charge in [-0.1, -0.05) is 26.2 Å². The van der Waals surface area contributed by atoms with Crippen molar-refractivity contribution in [3.63, 3.8) is 0 Å². The number of aliphatic hydroxyl groups excluding tert-OH is 3. The molecule has 0 saturated heterocycles. The predicted octanol–water partition coefficient (Wildman–Crippen LogP) is 2.48. The summed E-state index contributed by atoms with van der Waals surface area (Å²) in [7, 11) is 0. The van der Waals surface area contributed by atoms with E-state index >= 15 is 0 Å². The lowest BCUT2D eigenvalue weighted by Crippen LogP contribution is -2.17. The van der Waals surface area contributed by atoms with E-state index in [1.807, 2.05) is 20.8 Å². The average molecular weight is 292 g/mol. The molecule has 4 nitrogen and oxygen atoms in total. The first-order valence-corrected chi connectivity index (χ1v) is 7.85. The predicted molar refractivity (Wildman–Crippen MR) is 83.6 cm³/mol. The molecule has 0 bridgehead atoms. The molecule has 0 aliphatic carbocycles. The smallest absolute Gasteiger partial charge is 0.0591 e. The van der Waals surface area contributed by atoms with Crippen LogP contribution in [0, 0.1) is 5.92 Å². The van der Waals surface area contributed by atoms with Gasteiger partial charge in [-0.05, 0) is 52.4 Å². The van der Waals surface area contributed by atoms with Crippen molar-refractivity contribution in [2.45, 2.75) is 84.3 Å². The van der Waals surface area contributed by atoms with E-state index in [4.69, 9.17) is 15.3 Å². The van der Waals surface area contributed by atoms with Gasteiger partial charge in [0.05, 0.1) is 11.7 Å². The van der Waals surface area contributed by atoms with Crippen molar-refractivity contribution < 1.29 is 20.4 Å². The molecule has 0 amide bonds. The van der Waals surface area contributed by atoms with Crippen molar-refractivity contribution in [2.24, 2.45) is 5.92 Å². The lowest BCUT2D eigenvalue weighted by atomic mass is 10.0. The number of unbranched alkanes of at least 4 members (excludes halogenated alkanes) is 2. The largest absolute Gasteiger partial charge is 0.396 e. The third-order valence-electron chi connectivity index (χ3n) is 3.08. The number of hydrogen-bond acceptors (Lipinski definition) is 4. The summed E-state index contributed by atoms with van der Waals surface area (Å²) in [5.74, 6) is 0.388. The Labute approximate surface area is 124 Å². The van der Waals surface area contributed by atoms with E-state index in [1.165, 1.54) is 0 Å². The second-order valence-electron chi connectivity index (χ2n) is 6.41. The summed E-state index contributed by atoms with van der Waals surface area (Å²) in [6.07, 6.45) is 6.39. The fourth-order valence-corrected chi connectivity index (χ4v) is 1.70. The van der Waals surface area contributed by atoms with Gasteiger partial charge in [0, 0.05) is 13.2 Å². The minimum absolute atomic E-state index is 0.189. The Balaban J connectivity index is 0. The lowest BCUT2D eigenvalue weighted by Gasteiger charge is -2.15. The van der Waals surface area contributed by atoms with Gasteiger partial charge in [0.25, 0.3) is 0 Å². The van der Waals surface area contributed by atoms with Crippen LogP contribution in [0.2, 0.25) is 0 Å². The van der Waals surface area contributed by atoms with Crippen LogP contribution < -0.4 is 0 Å². The molecule has 124 valence electrons. The second kappa shape index (κ2) is 13.8. The van der Waals surface area contributed by atoms with Gasteiger partial charge in [-0.2, -0.15) is 0 Å². The van der Waals surface area contributed by atoms with Crippen LogP contribution in [0.5, 0.6) is 0 Å². The van der Waals surface area contributed by atoms with Crippen LogP contribution in [0.25, 0.3) is 0 Å². The summed E-state index contributed by atoms with van der Waals surface area (Å²) < 4.78 is 0. The van der Waals surface area contributed by atoms with Crippen LogP contribution in [0.15, 0.2) is 0 Å². The zero-order valence-electron chi connectivity index (χ0n) is 13.8. The van der Waals surface area contributed by atoms with Crippen molar-refractivity contribution >= 4 is 0 Å². The minimum Gasteiger partial charge on any atom is -0.396 e. The molecule has 0 aromatic rings. The van der Waals surface area contributed by atoms with Gasteiger partial charge >= 0.3 is 0 Å². The highest BCUT2D eigenvalue weighted by atomic mass is 16.3. The van der Waals surface area contributed by atoms with Gasteiger partial charge < -0.3 is 20.4 Å². The summed E-state index contributed by atoms with van der Waals surface area (Å²) in [6, 6.07) is 0. The molecular weight excluding hydrogens is 256 g/mol. The Morgan fingerprint density at radius 1 is 0.900 bits per heavy atom. The van der Waals surface area contributed by atoms with Crippen LogP contribution in [0.1, 0.15) is 72.6 Å². The van der Waals surface area contributed by atoms with Crippen molar-refractivity contribution in [3.8, 4) is 0 Å². The lowest BCUT2D eigenvalue weighted by molar-refractivity contribution is 0.0676. The number of rotatable bonds is 10. The molecule has 0 saturated carbocycles. The minimum atomic E-state index is -0.532. The topological polar surface area (TPSA) is 80.9 Å². The molecule has 0 aromatic carbocycles. The molecule has 0 heterocycles. The van der Waals surface area contributed by atoms with E-state index < -0.39 is 5.60 Å². The van der Waals surface area contributed by atoms with Gasteiger partial charge in [-0.3, -0.25) is 0 Å². The first-order chi connectivity index (χ1) is 9.22. The van der Waals surface area contributed by atoms with Crippen molar-refractivity contribution in [1.82, 2.24) is 0 Å². The third kappa shape index (κ3) is 23.0. The van der Waals surface area contributed by atoms with E-state index in [9.17, 15) is 5.11 Å². The van der Waals surface area contributed by atoms with Crippen LogP contribution in [0.4, 0.5) is 0 Å². The van der Waals surface area contributed by atoms with Gasteiger partial charge in [0.2, 0.25) is 0 Å². The Morgan fingerprint density at radius 2 is 1.50 bits per heavy atom. The van der Waals surface area contributed by atoms with Crippen molar-refractivity contribution in [2.75, 3.05) is 13.2 Å². The van der Waals surface area contributed by atoms with E-state index in [0.29, 0.717) is 5.92 Å². The standard InChI is InChI=1S/2C8H18O2/c1-7(6-9)4-3-5-8(2)10;1-8(2,10)6-4-3-5-7-9/h7-10H,3-6H2,1-2H3;9-10H,3-7H2,1-2H3. The van der Waals surface area contributed by atoms with Gasteiger partial charge in [-0.25, -0.2) is 0 Å². The maximum atomic E-state index is 9.25. The monoisotopic (exact) mass is 292 g/mol. The Bertz CT molecular complexity index is 187. The molecule has 0 aliphatic heterocycles. The highest BCUT2D eigenvalue weighted by Gasteiger charge is 2.10. The highest BCUT2D eigenvalue weighted by Crippen LogP contribution is 2.12. The molecule has 2 unspecified atom stereocenters. The van der Waals surface area contributed by atoms with Gasteiger partial charge in [0.15, 0.2) is 0 Å². The first kappa shape index (κ1) is 22.1. The van der Waals surface area contributed by atoms with E-state index in [2.05, 4.69) is 0 Å². The maximum Gasteiger partial charge on any atom is 0.0591 e. The van der Waals surface area contributed by atoms with Crippen molar-refractivity contribution in [1.29, 1.82) is 0 Å². The molecule has 0 radical (unpaired) electrons. The van der Waals surface area contributed by atoms with Crippen molar-refractivity contribution in [3.05, 3.63) is 0 Å². The van der Waals surface area contributed by atoms with Crippen LogP contribution >= 0.6 is 0 Å². The van der Waals surface area contributed by atoms with Gasteiger partial charge in [-0.15, -0.1) is 0 Å². The fraction of sp³-hybridized carbons (Fsp3) is 1.00. The van der Waals surface area contributed by atoms with E-state index in [1.54, 1.807) is 6.92 Å². The fourth-order valence-electron chi connectivity index (χ4n) is 1.70. The highest BCUT2D eigenvalue weighted by molar-refractivity contribution is 4.63. The normalized spacial score (nSPS) is 14.4. The summed E-state index contributed by atoms with van der Waals surface area (Å²) in [5, 5.41) is 35.2. The molecular formula is C16H36O4. The summed E-state index contributed by atoms with van der Waals surface area (Å²) in [5.41, 5.74) is -0.532.